The van der Waals surface area contributed by atoms with Crippen LogP contribution in [0.2, 0.25) is 0 Å². The second-order valence-electron chi connectivity index (χ2n) is 10.3. The van der Waals surface area contributed by atoms with Crippen molar-refractivity contribution < 1.29 is 43.9 Å². The van der Waals surface area contributed by atoms with Crippen molar-refractivity contribution in [1.82, 2.24) is 0 Å². The molecule has 0 aromatic carbocycles. The number of rotatable bonds is 10. The zero-order chi connectivity index (χ0) is 28.9. The number of allylic oxidation sites excluding steroid dienone is 2. The molecule has 1 saturated carbocycles. The molecular weight excluding hydrogens is 504 g/mol. The van der Waals surface area contributed by atoms with E-state index >= 15 is 0 Å². The van der Waals surface area contributed by atoms with Gasteiger partial charge in [-0.3, -0.25) is 4.79 Å². The molecule has 7 atom stereocenters. The van der Waals surface area contributed by atoms with Gasteiger partial charge in [0.15, 0.2) is 6.10 Å². The summed E-state index contributed by atoms with van der Waals surface area (Å²) in [5.41, 5.74) is -2.52. The van der Waals surface area contributed by atoms with E-state index in [9.17, 15) is 29.7 Å². The maximum Gasteiger partial charge on any atom is 0.333 e. The van der Waals surface area contributed by atoms with E-state index in [0.717, 1.165) is 0 Å². The molecule has 210 valence electrons. The topological polar surface area (TPSA) is 140 Å². The minimum Gasteiger partial charge on any atom is -0.458 e. The molecule has 0 unspecified atom stereocenters. The van der Waals surface area contributed by atoms with E-state index in [4.69, 9.17) is 25.8 Å². The molecule has 0 aromatic rings. The van der Waals surface area contributed by atoms with Crippen molar-refractivity contribution >= 4 is 29.5 Å². The van der Waals surface area contributed by atoms with Crippen molar-refractivity contribution in [3.05, 3.63) is 35.5 Å². The lowest BCUT2D eigenvalue weighted by Gasteiger charge is -2.48. The van der Waals surface area contributed by atoms with Crippen molar-refractivity contribution in [3.63, 3.8) is 0 Å². The van der Waals surface area contributed by atoms with Gasteiger partial charge in [0.25, 0.3) is 0 Å². The molecule has 0 spiro atoms. The van der Waals surface area contributed by atoms with Gasteiger partial charge in [-0.05, 0) is 60.5 Å². The van der Waals surface area contributed by atoms with Gasteiger partial charge in [-0.15, -0.1) is 11.6 Å². The highest BCUT2D eigenvalue weighted by atomic mass is 35.5. The lowest BCUT2D eigenvalue weighted by Crippen LogP contribution is -2.63. The quantitative estimate of drug-likeness (QED) is 0.124. The van der Waals surface area contributed by atoms with Crippen LogP contribution in [0.4, 0.5) is 0 Å². The van der Waals surface area contributed by atoms with E-state index in [-0.39, 0.29) is 24.0 Å². The van der Waals surface area contributed by atoms with Crippen LogP contribution in [-0.4, -0.2) is 74.2 Å². The standard InChI is InChI=1S/C27H41ClO9/c1-10-14(3)24(31)36-19(13-21(30)26(7,8)33)16(5)18-12-20(28)27(9,34)23(22(18)35-17(6)29)37-25(32)15(4)11-2/h10-11,18-23,30,33-34H,5,12-13H2,1-4,6-9H3/b14-10-,15-11-/t18-,19-,20+,21-,22+,23+,27-/m0/s1. The summed E-state index contributed by atoms with van der Waals surface area (Å²) in [7, 11) is 0. The van der Waals surface area contributed by atoms with Gasteiger partial charge in [0, 0.05) is 30.4 Å². The lowest BCUT2D eigenvalue weighted by molar-refractivity contribution is -0.202. The van der Waals surface area contributed by atoms with E-state index in [0.29, 0.717) is 5.57 Å². The highest BCUT2D eigenvalue weighted by Gasteiger charge is 2.56. The zero-order valence-electron chi connectivity index (χ0n) is 22.9. The molecule has 0 bridgehead atoms. The van der Waals surface area contributed by atoms with E-state index in [1.165, 1.54) is 40.7 Å². The van der Waals surface area contributed by atoms with Gasteiger partial charge in [0.2, 0.25) is 0 Å². The number of alkyl halides is 1. The first-order chi connectivity index (χ1) is 16.9. The number of aliphatic hydroxyl groups is 3. The van der Waals surface area contributed by atoms with Crippen LogP contribution in [0.1, 0.15) is 68.2 Å². The van der Waals surface area contributed by atoms with E-state index < -0.39 is 64.8 Å². The van der Waals surface area contributed by atoms with E-state index in [1.807, 2.05) is 0 Å². The smallest absolute Gasteiger partial charge is 0.333 e. The Labute approximate surface area is 224 Å². The van der Waals surface area contributed by atoms with Gasteiger partial charge in [0.05, 0.1) is 17.1 Å². The number of carbonyl (C=O) groups excluding carboxylic acids is 3. The first kappa shape index (κ1) is 32.8. The van der Waals surface area contributed by atoms with E-state index in [2.05, 4.69) is 6.58 Å². The van der Waals surface area contributed by atoms with Crippen molar-refractivity contribution in [2.24, 2.45) is 5.92 Å². The van der Waals surface area contributed by atoms with Crippen LogP contribution in [0.5, 0.6) is 0 Å². The molecule has 9 nitrogen and oxygen atoms in total. The Balaban J connectivity index is 3.56. The fourth-order valence-electron chi connectivity index (χ4n) is 3.87. The fraction of sp³-hybridized carbons (Fsp3) is 0.667. The van der Waals surface area contributed by atoms with Crippen LogP contribution in [-0.2, 0) is 28.6 Å². The summed E-state index contributed by atoms with van der Waals surface area (Å²) in [6.45, 7) is 15.8. The Hall–Kier alpha value is -2.20. The molecule has 1 fully saturated rings. The molecule has 37 heavy (non-hydrogen) atoms. The summed E-state index contributed by atoms with van der Waals surface area (Å²) in [5.74, 6) is -2.94. The molecule has 0 saturated heterocycles. The van der Waals surface area contributed by atoms with Crippen LogP contribution in [0.15, 0.2) is 35.5 Å². The summed E-state index contributed by atoms with van der Waals surface area (Å²) >= 11 is 6.56. The molecule has 0 aliphatic heterocycles. The second kappa shape index (κ2) is 13.0. The maximum atomic E-state index is 12.6. The highest BCUT2D eigenvalue weighted by Crippen LogP contribution is 2.44. The molecule has 0 amide bonds. The van der Waals surface area contributed by atoms with Gasteiger partial charge in [0.1, 0.15) is 17.8 Å². The normalized spacial score (nSPS) is 28.6. The summed E-state index contributed by atoms with van der Waals surface area (Å²) in [4.78, 5) is 37.4. The van der Waals surface area contributed by atoms with Crippen molar-refractivity contribution in [1.29, 1.82) is 0 Å². The summed E-state index contributed by atoms with van der Waals surface area (Å²) in [6.07, 6.45) is -2.17. The average Bonchev–Trinajstić information content (AvgIpc) is 2.80. The lowest BCUT2D eigenvalue weighted by atomic mass is 9.70. The molecule has 0 heterocycles. The third kappa shape index (κ3) is 8.40. The predicted molar refractivity (Wildman–Crippen MR) is 139 cm³/mol. The molecule has 0 aromatic heterocycles. The Morgan fingerprint density at radius 2 is 1.62 bits per heavy atom. The monoisotopic (exact) mass is 544 g/mol. The number of hydrogen-bond acceptors (Lipinski definition) is 9. The zero-order valence-corrected chi connectivity index (χ0v) is 23.7. The number of ether oxygens (including phenoxy) is 3. The van der Waals surface area contributed by atoms with Gasteiger partial charge in [-0.2, -0.15) is 0 Å². The first-order valence-electron chi connectivity index (χ1n) is 12.2. The van der Waals surface area contributed by atoms with Crippen LogP contribution in [0.3, 0.4) is 0 Å². The molecule has 1 rings (SSSR count). The third-order valence-corrected chi connectivity index (χ3v) is 7.42. The number of carbonyl (C=O) groups is 3. The summed E-state index contributed by atoms with van der Waals surface area (Å²) < 4.78 is 16.8. The van der Waals surface area contributed by atoms with Gasteiger partial charge in [-0.25, -0.2) is 9.59 Å². The summed E-state index contributed by atoms with van der Waals surface area (Å²) in [6, 6.07) is 0. The van der Waals surface area contributed by atoms with Crippen molar-refractivity contribution in [3.8, 4) is 0 Å². The molecular formula is C27H41ClO9. The molecule has 1 aliphatic rings. The number of halogens is 1. The fourth-order valence-corrected chi connectivity index (χ4v) is 4.19. The van der Waals surface area contributed by atoms with Crippen LogP contribution >= 0.6 is 11.6 Å². The predicted octanol–water partition coefficient (Wildman–Crippen LogP) is 3.13. The summed E-state index contributed by atoms with van der Waals surface area (Å²) in [5, 5.41) is 31.1. The largest absolute Gasteiger partial charge is 0.458 e. The average molecular weight is 545 g/mol. The molecule has 3 N–H and O–H groups in total. The van der Waals surface area contributed by atoms with Crippen molar-refractivity contribution in [2.75, 3.05) is 0 Å². The molecule has 10 heteroatoms. The Kier molecular flexibility index (Phi) is 11.6. The Bertz CT molecular complexity index is 929. The first-order valence-corrected chi connectivity index (χ1v) is 12.6. The van der Waals surface area contributed by atoms with Crippen LogP contribution in [0.25, 0.3) is 0 Å². The number of aliphatic hydroxyl groups excluding tert-OH is 1. The van der Waals surface area contributed by atoms with Crippen molar-refractivity contribution in [2.45, 2.75) is 109 Å². The molecule has 1 aliphatic carbocycles. The third-order valence-electron chi connectivity index (χ3n) is 6.80. The second-order valence-corrected chi connectivity index (χ2v) is 10.8. The minimum absolute atomic E-state index is 0.0250. The maximum absolute atomic E-state index is 12.6. The Morgan fingerprint density at radius 3 is 2.08 bits per heavy atom. The SMILES string of the molecule is C=C([C@H](C[C@H](O)C(C)(C)O)OC(=O)/C(C)=C\C)[C@@H]1C[C@@H](Cl)[C@](C)(O)[C@H](OC(=O)/C(C)=C\C)[C@@H]1OC(C)=O. The highest BCUT2D eigenvalue weighted by molar-refractivity contribution is 6.21. The van der Waals surface area contributed by atoms with Gasteiger partial charge >= 0.3 is 17.9 Å². The van der Waals surface area contributed by atoms with Crippen LogP contribution < -0.4 is 0 Å². The van der Waals surface area contributed by atoms with Gasteiger partial charge in [-0.1, -0.05) is 18.7 Å². The van der Waals surface area contributed by atoms with Crippen LogP contribution in [0, 0.1) is 5.92 Å². The number of esters is 3. The Morgan fingerprint density at radius 1 is 1.11 bits per heavy atom. The van der Waals surface area contributed by atoms with Gasteiger partial charge < -0.3 is 29.5 Å². The number of hydrogen-bond donors (Lipinski definition) is 3. The minimum atomic E-state index is -1.79. The van der Waals surface area contributed by atoms with E-state index in [1.54, 1.807) is 26.8 Å². The molecule has 0 radical (unpaired) electrons.